The first kappa shape index (κ1) is 24.7. The minimum Gasteiger partial charge on any atom is -0.444 e. The van der Waals surface area contributed by atoms with Crippen LogP contribution in [0, 0.1) is 0 Å². The number of carbonyl (C=O) groups is 3. The third-order valence-electron chi connectivity index (χ3n) is 5.06. The predicted molar refractivity (Wildman–Crippen MR) is 120 cm³/mol. The summed E-state index contributed by atoms with van der Waals surface area (Å²) in [4.78, 5) is 45.9. The van der Waals surface area contributed by atoms with Crippen molar-refractivity contribution >= 4 is 35.0 Å². The molecular weight excluding hydrogens is 485 g/mol. The van der Waals surface area contributed by atoms with E-state index >= 15 is 0 Å². The Morgan fingerprint density at radius 3 is 2.81 bits per heavy atom. The Labute approximate surface area is 201 Å². The van der Waals surface area contributed by atoms with Gasteiger partial charge in [0.05, 0.1) is 12.2 Å². The first-order chi connectivity index (χ1) is 17.0. The maximum Gasteiger partial charge on any atom is 0.405 e. The Morgan fingerprint density at radius 2 is 2.08 bits per heavy atom. The van der Waals surface area contributed by atoms with Gasteiger partial charge in [-0.2, -0.15) is 18.3 Å². The molecule has 0 unspecified atom stereocenters. The van der Waals surface area contributed by atoms with Gasteiger partial charge in [0, 0.05) is 38.7 Å². The van der Waals surface area contributed by atoms with Crippen molar-refractivity contribution in [1.82, 2.24) is 25.1 Å². The van der Waals surface area contributed by atoms with Crippen LogP contribution in [0.2, 0.25) is 0 Å². The van der Waals surface area contributed by atoms with Gasteiger partial charge in [-0.25, -0.2) is 9.97 Å². The van der Waals surface area contributed by atoms with Gasteiger partial charge in [0.15, 0.2) is 11.5 Å². The first-order valence-corrected chi connectivity index (χ1v) is 10.6. The van der Waals surface area contributed by atoms with E-state index in [1.54, 1.807) is 7.05 Å². The second kappa shape index (κ2) is 9.67. The van der Waals surface area contributed by atoms with Crippen LogP contribution in [0.25, 0.3) is 11.5 Å². The molecule has 1 aliphatic rings. The molecule has 3 aromatic heterocycles. The molecule has 3 N–H and O–H groups in total. The van der Waals surface area contributed by atoms with Gasteiger partial charge in [0.1, 0.15) is 24.3 Å². The number of oxazole rings is 1. The van der Waals surface area contributed by atoms with Gasteiger partial charge in [-0.1, -0.05) is 0 Å². The molecule has 3 aromatic rings. The lowest BCUT2D eigenvalue weighted by Crippen LogP contribution is -2.36. The summed E-state index contributed by atoms with van der Waals surface area (Å²) in [5, 5.41) is 11.7. The molecule has 12 nitrogen and oxygen atoms in total. The molecule has 1 saturated heterocycles. The van der Waals surface area contributed by atoms with Crippen LogP contribution in [0.4, 0.5) is 30.5 Å². The van der Waals surface area contributed by atoms with Crippen LogP contribution in [-0.4, -0.2) is 62.8 Å². The van der Waals surface area contributed by atoms with Crippen molar-refractivity contribution in [2.45, 2.75) is 25.6 Å². The van der Waals surface area contributed by atoms with Crippen molar-refractivity contribution < 1.29 is 32.0 Å². The second-order valence-electron chi connectivity index (χ2n) is 8.04. The van der Waals surface area contributed by atoms with Gasteiger partial charge < -0.3 is 20.4 Å². The highest BCUT2D eigenvalue weighted by Crippen LogP contribution is 2.29. The third-order valence-corrected chi connectivity index (χ3v) is 5.06. The van der Waals surface area contributed by atoms with Crippen molar-refractivity contribution in [2.75, 3.05) is 28.6 Å². The smallest absolute Gasteiger partial charge is 0.405 e. The Hall–Kier alpha value is -4.43. The van der Waals surface area contributed by atoms with E-state index in [0.717, 1.165) is 6.26 Å². The van der Waals surface area contributed by atoms with Crippen LogP contribution >= 0.6 is 0 Å². The predicted octanol–water partition coefficient (Wildman–Crippen LogP) is 1.94. The zero-order valence-corrected chi connectivity index (χ0v) is 19.1. The maximum absolute atomic E-state index is 12.8. The number of amides is 3. The monoisotopic (exact) mass is 506 g/mol. The number of aryl methyl sites for hydroxylation is 1. The molecule has 1 atom stereocenters. The number of nitrogens with zero attached hydrogens (tertiary/aromatic N) is 5. The molecule has 15 heteroatoms. The minimum atomic E-state index is -4.42. The molecule has 36 heavy (non-hydrogen) atoms. The number of carbonyl (C=O) groups excluding carboxylic acids is 3. The largest absolute Gasteiger partial charge is 0.444 e. The van der Waals surface area contributed by atoms with Crippen molar-refractivity contribution in [1.29, 1.82) is 0 Å². The number of alkyl halides is 3. The standard InChI is InChI=1S/C21H21F3N8O4/c1-11(33)27-13-6-17(34)32(7-13)18-14(8-31(2)30-18)28-19(35)15-9-36-20(29-15)12-3-4-25-16(5-12)26-10-21(22,23)24/h3-5,8-9,13H,6-7,10H2,1-2H3,(H,25,26)(H,27,33)(H,28,35)/t13-/m0/s1. The zero-order valence-electron chi connectivity index (χ0n) is 19.1. The Bertz CT molecular complexity index is 1300. The Balaban J connectivity index is 1.48. The van der Waals surface area contributed by atoms with Crippen molar-refractivity contribution in [2.24, 2.45) is 7.05 Å². The molecule has 190 valence electrons. The summed E-state index contributed by atoms with van der Waals surface area (Å²) in [5.41, 5.74) is 0.444. The van der Waals surface area contributed by atoms with E-state index in [4.69, 9.17) is 4.42 Å². The van der Waals surface area contributed by atoms with E-state index in [2.05, 4.69) is 31.0 Å². The lowest BCUT2D eigenvalue weighted by atomic mass is 10.2. The van der Waals surface area contributed by atoms with E-state index in [1.807, 2.05) is 0 Å². The summed E-state index contributed by atoms with van der Waals surface area (Å²) in [5.74, 6) is -1.02. The number of halogens is 3. The van der Waals surface area contributed by atoms with Crippen LogP contribution in [0.1, 0.15) is 23.8 Å². The summed E-state index contributed by atoms with van der Waals surface area (Å²) in [6.45, 7) is 0.290. The van der Waals surface area contributed by atoms with Gasteiger partial charge in [0.2, 0.25) is 17.7 Å². The average molecular weight is 506 g/mol. The topological polar surface area (TPSA) is 147 Å². The van der Waals surface area contributed by atoms with Gasteiger partial charge in [0.25, 0.3) is 5.91 Å². The van der Waals surface area contributed by atoms with E-state index in [9.17, 15) is 27.6 Å². The molecule has 0 bridgehead atoms. The van der Waals surface area contributed by atoms with Gasteiger partial charge in [-0.3, -0.25) is 24.0 Å². The minimum absolute atomic E-state index is 0.00288. The highest BCUT2D eigenvalue weighted by atomic mass is 19.4. The third kappa shape index (κ3) is 5.79. The van der Waals surface area contributed by atoms with E-state index in [0.29, 0.717) is 5.56 Å². The number of hydrogen-bond donors (Lipinski definition) is 3. The highest BCUT2D eigenvalue weighted by molar-refractivity contribution is 6.06. The lowest BCUT2D eigenvalue weighted by Gasteiger charge is -2.16. The zero-order chi connectivity index (χ0) is 26.0. The summed E-state index contributed by atoms with van der Waals surface area (Å²) in [6.07, 6.45) is -0.433. The van der Waals surface area contributed by atoms with Crippen LogP contribution < -0.4 is 20.9 Å². The van der Waals surface area contributed by atoms with Crippen molar-refractivity contribution in [3.05, 3.63) is 36.5 Å². The number of hydrogen-bond acceptors (Lipinski definition) is 8. The summed E-state index contributed by atoms with van der Waals surface area (Å²) < 4.78 is 44.1. The number of anilines is 3. The van der Waals surface area contributed by atoms with Crippen molar-refractivity contribution in [3.63, 3.8) is 0 Å². The molecule has 4 rings (SSSR count). The molecule has 4 heterocycles. The summed E-state index contributed by atoms with van der Waals surface area (Å²) in [7, 11) is 1.62. The van der Waals surface area contributed by atoms with Gasteiger partial charge in [-0.05, 0) is 12.1 Å². The molecular formula is C21H21F3N8O4. The van der Waals surface area contributed by atoms with Crippen molar-refractivity contribution in [3.8, 4) is 11.5 Å². The number of nitrogens with one attached hydrogen (secondary N) is 3. The molecule has 0 radical (unpaired) electrons. The van der Waals surface area contributed by atoms with Gasteiger partial charge >= 0.3 is 6.18 Å². The molecule has 1 aliphatic heterocycles. The lowest BCUT2D eigenvalue weighted by molar-refractivity contribution is -0.120. The number of rotatable bonds is 7. The summed E-state index contributed by atoms with van der Waals surface area (Å²) >= 11 is 0. The Kier molecular flexibility index (Phi) is 6.63. The maximum atomic E-state index is 12.8. The van der Waals surface area contributed by atoms with E-state index in [-0.39, 0.29) is 59.7 Å². The molecule has 0 spiro atoms. The molecule has 1 fully saturated rings. The van der Waals surface area contributed by atoms with E-state index in [1.165, 1.54) is 41.0 Å². The number of aromatic nitrogens is 4. The van der Waals surface area contributed by atoms with E-state index < -0.39 is 18.6 Å². The second-order valence-corrected chi connectivity index (χ2v) is 8.04. The van der Waals surface area contributed by atoms with Crippen LogP contribution in [0.3, 0.4) is 0 Å². The SMILES string of the molecule is CC(=O)N[C@H]1CC(=O)N(c2nn(C)cc2NC(=O)c2coc(-c3ccnc(NCC(F)(F)F)c3)n2)C1. The fraction of sp³-hybridized carbons (Fsp3) is 0.333. The van der Waals surface area contributed by atoms with Crippen LogP contribution in [0.15, 0.2) is 35.2 Å². The normalized spacial score (nSPS) is 15.8. The molecule has 0 aromatic carbocycles. The molecule has 3 amide bonds. The van der Waals surface area contributed by atoms with Gasteiger partial charge in [-0.15, -0.1) is 0 Å². The number of pyridine rings is 1. The van der Waals surface area contributed by atoms with Crippen LogP contribution in [0.5, 0.6) is 0 Å². The molecule has 0 saturated carbocycles. The average Bonchev–Trinajstić information content (AvgIpc) is 3.50. The summed E-state index contributed by atoms with van der Waals surface area (Å²) in [6, 6.07) is 2.40. The Morgan fingerprint density at radius 1 is 1.31 bits per heavy atom. The quantitative estimate of drug-likeness (QED) is 0.441. The fourth-order valence-electron chi connectivity index (χ4n) is 3.61. The first-order valence-electron chi connectivity index (χ1n) is 10.6. The fourth-order valence-corrected chi connectivity index (χ4v) is 3.61. The van der Waals surface area contributed by atoms with Crippen LogP contribution in [-0.2, 0) is 16.6 Å². The molecule has 0 aliphatic carbocycles. The highest BCUT2D eigenvalue weighted by Gasteiger charge is 2.34.